The minimum atomic E-state index is -0.885. The maximum atomic E-state index is 12.5. The van der Waals surface area contributed by atoms with E-state index < -0.39 is 29.0 Å². The second-order valence-corrected chi connectivity index (χ2v) is 8.62. The summed E-state index contributed by atoms with van der Waals surface area (Å²) in [4.78, 5) is 38.3. The maximum Gasteiger partial charge on any atom is 0.337 e. The van der Waals surface area contributed by atoms with E-state index in [0.717, 1.165) is 25.9 Å². The lowest BCUT2D eigenvalue weighted by Gasteiger charge is -2.26. The Balaban J connectivity index is 1.66. The lowest BCUT2D eigenvalue weighted by atomic mass is 9.97. The van der Waals surface area contributed by atoms with Crippen molar-refractivity contribution >= 4 is 11.9 Å². The van der Waals surface area contributed by atoms with Crippen LogP contribution in [-0.2, 0) is 16.1 Å². The van der Waals surface area contributed by atoms with Crippen LogP contribution >= 0.6 is 0 Å². The number of aromatic hydroxyl groups is 1. The van der Waals surface area contributed by atoms with Crippen molar-refractivity contribution < 1.29 is 28.3 Å². The first-order valence-corrected chi connectivity index (χ1v) is 11.5. The minimum absolute atomic E-state index is 0.0507. The van der Waals surface area contributed by atoms with E-state index in [2.05, 4.69) is 4.90 Å². The molecule has 0 aliphatic carbocycles. The molecule has 3 N–H and O–H groups in total. The van der Waals surface area contributed by atoms with E-state index in [1.54, 1.807) is 36.4 Å². The Morgan fingerprint density at radius 1 is 1.09 bits per heavy atom. The van der Waals surface area contributed by atoms with E-state index in [1.165, 1.54) is 19.6 Å². The highest BCUT2D eigenvalue weighted by Crippen LogP contribution is 2.36. The Morgan fingerprint density at radius 2 is 1.80 bits per heavy atom. The fourth-order valence-electron chi connectivity index (χ4n) is 4.31. The van der Waals surface area contributed by atoms with E-state index >= 15 is 0 Å². The van der Waals surface area contributed by atoms with Crippen molar-refractivity contribution in [1.29, 1.82) is 0 Å². The Labute approximate surface area is 202 Å². The molecule has 0 radical (unpaired) electrons. The van der Waals surface area contributed by atoms with Gasteiger partial charge in [-0.2, -0.15) is 0 Å². The molecule has 0 saturated carbocycles. The number of methoxy groups -OCH3 is 1. The number of amides is 1. The Bertz CT molecular complexity index is 1250. The van der Waals surface area contributed by atoms with Crippen LogP contribution in [0.15, 0.2) is 56.1 Å². The van der Waals surface area contributed by atoms with E-state index in [4.69, 9.17) is 19.3 Å². The SMILES string of the molecule is COC(=O)c1ccc(-c2ccc([C@H](CC(N)=O)c3oc(CN4CCCCC4)cc(=O)c3O)o2)cc1. The molecule has 1 atom stereocenters. The molecule has 1 saturated heterocycles. The molecule has 9 nitrogen and oxygen atoms in total. The zero-order valence-corrected chi connectivity index (χ0v) is 19.5. The van der Waals surface area contributed by atoms with Gasteiger partial charge in [0.05, 0.1) is 25.1 Å². The molecular weight excluding hydrogens is 452 g/mol. The Hall–Kier alpha value is -3.85. The molecule has 1 fully saturated rings. The fourth-order valence-corrected chi connectivity index (χ4v) is 4.31. The monoisotopic (exact) mass is 480 g/mol. The quantitative estimate of drug-likeness (QED) is 0.468. The number of hydrogen-bond donors (Lipinski definition) is 2. The van der Waals surface area contributed by atoms with Gasteiger partial charge in [-0.15, -0.1) is 0 Å². The molecular formula is C26H28N2O7. The predicted molar refractivity (Wildman–Crippen MR) is 127 cm³/mol. The van der Waals surface area contributed by atoms with E-state index in [9.17, 15) is 19.5 Å². The highest BCUT2D eigenvalue weighted by Gasteiger charge is 2.28. The van der Waals surface area contributed by atoms with Gasteiger partial charge in [0.15, 0.2) is 5.76 Å². The van der Waals surface area contributed by atoms with Gasteiger partial charge in [0, 0.05) is 18.1 Å². The summed E-state index contributed by atoms with van der Waals surface area (Å²) in [6, 6.07) is 11.3. The first-order valence-electron chi connectivity index (χ1n) is 11.5. The summed E-state index contributed by atoms with van der Waals surface area (Å²) >= 11 is 0. The van der Waals surface area contributed by atoms with E-state index in [0.29, 0.717) is 35.0 Å². The van der Waals surface area contributed by atoms with Crippen LogP contribution < -0.4 is 11.2 Å². The highest BCUT2D eigenvalue weighted by atomic mass is 16.5. The van der Waals surface area contributed by atoms with Gasteiger partial charge in [-0.05, 0) is 50.2 Å². The molecule has 1 amide bonds. The number of furan rings is 1. The molecule has 9 heteroatoms. The normalized spacial score (nSPS) is 15.0. The zero-order valence-electron chi connectivity index (χ0n) is 19.5. The first kappa shape index (κ1) is 24.3. The summed E-state index contributed by atoms with van der Waals surface area (Å²) in [6.45, 7) is 2.24. The second-order valence-electron chi connectivity index (χ2n) is 8.62. The average Bonchev–Trinajstić information content (AvgIpc) is 3.35. The molecule has 4 rings (SSSR count). The number of carbonyl (C=O) groups is 2. The largest absolute Gasteiger partial charge is 0.502 e. The van der Waals surface area contributed by atoms with Gasteiger partial charge in [-0.25, -0.2) is 4.79 Å². The van der Waals surface area contributed by atoms with Gasteiger partial charge in [0.25, 0.3) is 0 Å². The van der Waals surface area contributed by atoms with Crippen LogP contribution in [0.25, 0.3) is 11.3 Å². The van der Waals surface area contributed by atoms with Crippen LogP contribution in [0.3, 0.4) is 0 Å². The number of rotatable bonds is 8. The van der Waals surface area contributed by atoms with Crippen molar-refractivity contribution in [2.24, 2.45) is 5.73 Å². The summed E-state index contributed by atoms with van der Waals surface area (Å²) in [6.07, 6.45) is 3.11. The number of piperidine rings is 1. The average molecular weight is 481 g/mol. The standard InChI is InChI=1S/C26H28N2O7/c1-33-26(32)17-7-5-16(6-8-17)21-9-10-22(35-21)19(14-23(27)30)25-24(31)20(29)13-18(34-25)15-28-11-3-2-4-12-28/h5-10,13,19,31H,2-4,11-12,14-15H2,1H3,(H2,27,30)/t19-/m0/s1. The summed E-state index contributed by atoms with van der Waals surface area (Å²) in [5.74, 6) is -1.41. The van der Waals surface area contributed by atoms with Gasteiger partial charge >= 0.3 is 5.97 Å². The lowest BCUT2D eigenvalue weighted by molar-refractivity contribution is -0.118. The summed E-state index contributed by atoms with van der Waals surface area (Å²) in [5, 5.41) is 10.5. The van der Waals surface area contributed by atoms with Crippen LogP contribution in [0.1, 0.15) is 59.2 Å². The predicted octanol–water partition coefficient (Wildman–Crippen LogP) is 3.39. The smallest absolute Gasteiger partial charge is 0.337 e. The summed E-state index contributed by atoms with van der Waals surface area (Å²) in [7, 11) is 1.31. The topological polar surface area (TPSA) is 136 Å². The van der Waals surface area contributed by atoms with Crippen LogP contribution in [0.5, 0.6) is 5.75 Å². The molecule has 35 heavy (non-hydrogen) atoms. The third-order valence-electron chi connectivity index (χ3n) is 6.11. The Morgan fingerprint density at radius 3 is 2.46 bits per heavy atom. The van der Waals surface area contributed by atoms with Crippen LogP contribution in [0.4, 0.5) is 0 Å². The number of carbonyl (C=O) groups excluding carboxylic acids is 2. The van der Waals surface area contributed by atoms with Crippen molar-refractivity contribution in [1.82, 2.24) is 4.90 Å². The number of primary amides is 1. The molecule has 1 aliphatic heterocycles. The number of hydrogen-bond acceptors (Lipinski definition) is 8. The van der Waals surface area contributed by atoms with Crippen LogP contribution in [0, 0.1) is 0 Å². The zero-order chi connectivity index (χ0) is 24.9. The number of benzene rings is 1. The molecule has 184 valence electrons. The molecule has 0 bridgehead atoms. The van der Waals surface area contributed by atoms with Gasteiger partial charge in [0.1, 0.15) is 17.3 Å². The fraction of sp³-hybridized carbons (Fsp3) is 0.346. The Kier molecular flexibility index (Phi) is 7.36. The van der Waals surface area contributed by atoms with Crippen molar-refractivity contribution in [2.45, 2.75) is 38.1 Å². The molecule has 0 spiro atoms. The second kappa shape index (κ2) is 10.6. The molecule has 1 aliphatic rings. The van der Waals surface area contributed by atoms with Crippen molar-refractivity contribution in [3.05, 3.63) is 75.5 Å². The van der Waals surface area contributed by atoms with Gasteiger partial charge in [-0.1, -0.05) is 18.6 Å². The van der Waals surface area contributed by atoms with Gasteiger partial charge in [-0.3, -0.25) is 14.5 Å². The van der Waals surface area contributed by atoms with Crippen molar-refractivity contribution in [2.75, 3.05) is 20.2 Å². The number of nitrogens with zero attached hydrogens (tertiary/aromatic N) is 1. The number of likely N-dealkylation sites (tertiary alicyclic amines) is 1. The first-order chi connectivity index (χ1) is 16.9. The molecule has 2 aromatic heterocycles. The van der Waals surface area contributed by atoms with Crippen LogP contribution in [0.2, 0.25) is 0 Å². The summed E-state index contributed by atoms with van der Waals surface area (Å²) < 4.78 is 16.7. The highest BCUT2D eigenvalue weighted by molar-refractivity contribution is 5.89. The third kappa shape index (κ3) is 5.63. The van der Waals surface area contributed by atoms with Gasteiger partial charge < -0.3 is 24.4 Å². The maximum absolute atomic E-state index is 12.5. The molecule has 3 aromatic rings. The number of esters is 1. The van der Waals surface area contributed by atoms with E-state index in [-0.39, 0.29) is 12.2 Å². The van der Waals surface area contributed by atoms with Crippen LogP contribution in [-0.4, -0.2) is 42.1 Å². The lowest BCUT2D eigenvalue weighted by Crippen LogP contribution is -2.29. The van der Waals surface area contributed by atoms with Gasteiger partial charge in [0.2, 0.25) is 17.1 Å². The van der Waals surface area contributed by atoms with Crippen molar-refractivity contribution in [3.63, 3.8) is 0 Å². The minimum Gasteiger partial charge on any atom is -0.502 e. The van der Waals surface area contributed by atoms with Crippen molar-refractivity contribution in [3.8, 4) is 17.1 Å². The third-order valence-corrected chi connectivity index (χ3v) is 6.11. The number of ether oxygens (including phenoxy) is 1. The molecule has 0 unspecified atom stereocenters. The summed E-state index contributed by atoms with van der Waals surface area (Å²) in [5.41, 5.74) is 5.98. The van der Waals surface area contributed by atoms with E-state index in [1.807, 2.05) is 0 Å². The molecule has 3 heterocycles. The number of nitrogens with two attached hydrogens (primary N) is 1. The molecule has 1 aromatic carbocycles.